The fourth-order valence-electron chi connectivity index (χ4n) is 2.08. The highest BCUT2D eigenvalue weighted by Crippen LogP contribution is 2.27. The second-order valence-electron chi connectivity index (χ2n) is 4.52. The summed E-state index contributed by atoms with van der Waals surface area (Å²) in [5.74, 6) is 0.804. The van der Waals surface area contributed by atoms with Crippen molar-refractivity contribution in [3.63, 3.8) is 0 Å². The molecule has 0 radical (unpaired) electrons. The minimum atomic E-state index is -0.262. The topological polar surface area (TPSA) is 89.1 Å². The minimum absolute atomic E-state index is 0.262. The molecule has 7 nitrogen and oxygen atoms in total. The van der Waals surface area contributed by atoms with Gasteiger partial charge in [-0.25, -0.2) is 9.97 Å². The van der Waals surface area contributed by atoms with Gasteiger partial charge in [0.05, 0.1) is 37.9 Å². The lowest BCUT2D eigenvalue weighted by Crippen LogP contribution is -2.12. The number of rotatable bonds is 4. The fourth-order valence-corrected chi connectivity index (χ4v) is 2.08. The van der Waals surface area contributed by atoms with Gasteiger partial charge < -0.3 is 19.8 Å². The van der Waals surface area contributed by atoms with Gasteiger partial charge in [0.25, 0.3) is 5.91 Å². The first-order chi connectivity index (χ1) is 10.7. The Hall–Kier alpha value is -3.09. The summed E-state index contributed by atoms with van der Waals surface area (Å²) in [5, 5.41) is 2.78. The fraction of sp³-hybridized carbons (Fsp3) is 0.133. The lowest BCUT2D eigenvalue weighted by atomic mass is 10.2. The second-order valence-corrected chi connectivity index (χ2v) is 4.52. The Balaban J connectivity index is 1.84. The lowest BCUT2D eigenvalue weighted by Gasteiger charge is -2.10. The van der Waals surface area contributed by atoms with Crippen LogP contribution in [0.5, 0.6) is 11.5 Å². The Morgan fingerprint density at radius 3 is 2.73 bits per heavy atom. The van der Waals surface area contributed by atoms with Crippen molar-refractivity contribution in [3.8, 4) is 11.5 Å². The van der Waals surface area contributed by atoms with Crippen LogP contribution in [-0.2, 0) is 0 Å². The Morgan fingerprint density at radius 1 is 1.14 bits per heavy atom. The number of amides is 1. The molecule has 0 unspecified atom stereocenters. The van der Waals surface area contributed by atoms with Crippen LogP contribution in [0.4, 0.5) is 5.69 Å². The average Bonchev–Trinajstić information content (AvgIpc) is 3.01. The van der Waals surface area contributed by atoms with Crippen LogP contribution in [0, 0.1) is 0 Å². The Morgan fingerprint density at radius 2 is 1.95 bits per heavy atom. The van der Waals surface area contributed by atoms with Gasteiger partial charge in [-0.2, -0.15) is 0 Å². The molecule has 3 rings (SSSR count). The smallest absolute Gasteiger partial charge is 0.255 e. The third-order valence-electron chi connectivity index (χ3n) is 3.18. The monoisotopic (exact) mass is 298 g/mol. The molecule has 2 heterocycles. The van der Waals surface area contributed by atoms with Crippen LogP contribution in [0.2, 0.25) is 0 Å². The minimum Gasteiger partial charge on any atom is -0.493 e. The number of imidazole rings is 1. The molecule has 0 saturated heterocycles. The van der Waals surface area contributed by atoms with Crippen molar-refractivity contribution >= 4 is 22.8 Å². The third kappa shape index (κ3) is 2.56. The van der Waals surface area contributed by atoms with E-state index in [4.69, 9.17) is 9.47 Å². The largest absolute Gasteiger partial charge is 0.493 e. The highest BCUT2D eigenvalue weighted by molar-refractivity contribution is 6.05. The van der Waals surface area contributed by atoms with Crippen LogP contribution >= 0.6 is 0 Å². The van der Waals surface area contributed by atoms with Gasteiger partial charge in [-0.15, -0.1) is 0 Å². The number of hydrogen-bond acceptors (Lipinski definition) is 5. The summed E-state index contributed by atoms with van der Waals surface area (Å²) >= 11 is 0. The molecule has 0 atom stereocenters. The van der Waals surface area contributed by atoms with Gasteiger partial charge in [0, 0.05) is 5.56 Å². The SMILES string of the molecule is COc1ccc(C(=O)Nc2cnc3nc[nH]c3c2)cc1OC. The van der Waals surface area contributed by atoms with E-state index >= 15 is 0 Å². The van der Waals surface area contributed by atoms with Crippen LogP contribution < -0.4 is 14.8 Å². The van der Waals surface area contributed by atoms with Crippen molar-refractivity contribution in [1.82, 2.24) is 15.0 Å². The van der Waals surface area contributed by atoms with Crippen molar-refractivity contribution < 1.29 is 14.3 Å². The van der Waals surface area contributed by atoms with Crippen LogP contribution in [0.1, 0.15) is 10.4 Å². The van der Waals surface area contributed by atoms with Crippen LogP contribution in [0.25, 0.3) is 11.2 Å². The Bertz CT molecular complexity index is 829. The maximum absolute atomic E-state index is 12.3. The summed E-state index contributed by atoms with van der Waals surface area (Å²) in [7, 11) is 3.07. The Labute approximate surface area is 126 Å². The highest BCUT2D eigenvalue weighted by Gasteiger charge is 2.11. The van der Waals surface area contributed by atoms with Crippen LogP contribution in [0.15, 0.2) is 36.8 Å². The number of hydrogen-bond donors (Lipinski definition) is 2. The Kier molecular flexibility index (Phi) is 3.61. The average molecular weight is 298 g/mol. The molecular weight excluding hydrogens is 284 g/mol. The molecule has 0 saturated carbocycles. The number of nitrogens with one attached hydrogen (secondary N) is 2. The van der Waals surface area contributed by atoms with E-state index < -0.39 is 0 Å². The number of aromatic nitrogens is 3. The van der Waals surface area contributed by atoms with Crippen molar-refractivity contribution in [3.05, 3.63) is 42.4 Å². The number of carbonyl (C=O) groups excluding carboxylic acids is 1. The van der Waals surface area contributed by atoms with Crippen molar-refractivity contribution in [1.29, 1.82) is 0 Å². The van der Waals surface area contributed by atoms with E-state index in [-0.39, 0.29) is 5.91 Å². The summed E-state index contributed by atoms with van der Waals surface area (Å²) in [6.45, 7) is 0. The van der Waals surface area contributed by atoms with Gasteiger partial charge in [-0.3, -0.25) is 4.79 Å². The van der Waals surface area contributed by atoms with Gasteiger partial charge >= 0.3 is 0 Å². The summed E-state index contributed by atoms with van der Waals surface area (Å²) < 4.78 is 10.3. The van der Waals surface area contributed by atoms with E-state index in [0.29, 0.717) is 28.4 Å². The predicted octanol–water partition coefficient (Wildman–Crippen LogP) is 2.23. The van der Waals surface area contributed by atoms with E-state index in [2.05, 4.69) is 20.3 Å². The van der Waals surface area contributed by atoms with Gasteiger partial charge in [-0.05, 0) is 24.3 Å². The van der Waals surface area contributed by atoms with Crippen LogP contribution in [0.3, 0.4) is 0 Å². The number of carbonyl (C=O) groups is 1. The van der Waals surface area contributed by atoms with E-state index in [1.807, 2.05) is 0 Å². The molecule has 2 aromatic heterocycles. The standard InChI is InChI=1S/C15H14N4O3/c1-21-12-4-3-9(5-13(12)22-2)15(20)19-10-6-11-14(16-7-10)18-8-17-11/h3-8H,1-2H3,(H,19,20)(H,16,17,18). The normalized spacial score (nSPS) is 10.5. The van der Waals surface area contributed by atoms with Gasteiger partial charge in [0.2, 0.25) is 0 Å². The number of benzene rings is 1. The van der Waals surface area contributed by atoms with Crippen molar-refractivity contribution in [2.45, 2.75) is 0 Å². The number of ether oxygens (including phenoxy) is 2. The zero-order chi connectivity index (χ0) is 15.5. The molecule has 7 heteroatoms. The first kappa shape index (κ1) is 13.9. The third-order valence-corrected chi connectivity index (χ3v) is 3.18. The molecule has 22 heavy (non-hydrogen) atoms. The van der Waals surface area contributed by atoms with E-state index in [1.54, 1.807) is 43.9 Å². The molecule has 0 bridgehead atoms. The molecule has 0 spiro atoms. The number of aromatic amines is 1. The maximum atomic E-state index is 12.3. The van der Waals surface area contributed by atoms with Gasteiger partial charge in [-0.1, -0.05) is 0 Å². The molecule has 0 fully saturated rings. The second kappa shape index (κ2) is 5.72. The molecule has 2 N–H and O–H groups in total. The molecule has 112 valence electrons. The number of methoxy groups -OCH3 is 2. The number of anilines is 1. The molecule has 0 aliphatic heterocycles. The first-order valence-electron chi connectivity index (χ1n) is 6.54. The zero-order valence-electron chi connectivity index (χ0n) is 12.1. The predicted molar refractivity (Wildman–Crippen MR) is 81.4 cm³/mol. The maximum Gasteiger partial charge on any atom is 0.255 e. The number of pyridine rings is 1. The zero-order valence-corrected chi connectivity index (χ0v) is 12.1. The lowest BCUT2D eigenvalue weighted by molar-refractivity contribution is 0.102. The molecule has 1 amide bonds. The number of nitrogens with zero attached hydrogens (tertiary/aromatic N) is 2. The molecule has 1 aromatic carbocycles. The number of fused-ring (bicyclic) bond motifs is 1. The van der Waals surface area contributed by atoms with Crippen LogP contribution in [-0.4, -0.2) is 35.1 Å². The van der Waals surface area contributed by atoms with Gasteiger partial charge in [0.15, 0.2) is 17.1 Å². The summed E-state index contributed by atoms with van der Waals surface area (Å²) in [4.78, 5) is 23.4. The molecule has 3 aromatic rings. The van der Waals surface area contributed by atoms with Crippen molar-refractivity contribution in [2.24, 2.45) is 0 Å². The quantitative estimate of drug-likeness (QED) is 0.771. The molecule has 0 aliphatic carbocycles. The highest BCUT2D eigenvalue weighted by atomic mass is 16.5. The summed E-state index contributed by atoms with van der Waals surface area (Å²) in [6, 6.07) is 6.74. The van der Waals surface area contributed by atoms with E-state index in [0.717, 1.165) is 5.52 Å². The van der Waals surface area contributed by atoms with E-state index in [9.17, 15) is 4.79 Å². The van der Waals surface area contributed by atoms with Gasteiger partial charge in [0.1, 0.15) is 0 Å². The summed E-state index contributed by atoms with van der Waals surface area (Å²) in [5.41, 5.74) is 2.40. The summed E-state index contributed by atoms with van der Waals surface area (Å²) in [6.07, 6.45) is 3.11. The number of H-pyrrole nitrogens is 1. The van der Waals surface area contributed by atoms with E-state index in [1.165, 1.54) is 7.11 Å². The first-order valence-corrected chi connectivity index (χ1v) is 6.54. The van der Waals surface area contributed by atoms with Crippen molar-refractivity contribution in [2.75, 3.05) is 19.5 Å². The molecule has 0 aliphatic rings. The molecular formula is C15H14N4O3.